The summed E-state index contributed by atoms with van der Waals surface area (Å²) in [5.74, 6) is -0.249. The summed E-state index contributed by atoms with van der Waals surface area (Å²) in [6.07, 6.45) is 0.253. The van der Waals surface area contributed by atoms with Crippen molar-refractivity contribution in [1.29, 1.82) is 0 Å². The molecular weight excluding hydrogens is 356 g/mol. The highest BCUT2D eigenvalue weighted by molar-refractivity contribution is 6.69. The van der Waals surface area contributed by atoms with Crippen molar-refractivity contribution in [3.8, 4) is 0 Å². The fourth-order valence-electron chi connectivity index (χ4n) is 1.72. The SMILES string of the molecule is CC(C)(C)OC(=O)CCOCCOCCOCCOCCO[Si](C)(C)C. The molecule has 7 nitrogen and oxygen atoms in total. The Labute approximate surface area is 159 Å². The molecule has 0 fully saturated rings. The smallest absolute Gasteiger partial charge is 0.308 e. The van der Waals surface area contributed by atoms with E-state index in [-0.39, 0.29) is 12.4 Å². The molecule has 26 heavy (non-hydrogen) atoms. The van der Waals surface area contributed by atoms with Gasteiger partial charge in [0, 0.05) is 0 Å². The zero-order valence-electron chi connectivity index (χ0n) is 17.4. The Morgan fingerprint density at radius 2 is 1.08 bits per heavy atom. The van der Waals surface area contributed by atoms with Crippen molar-refractivity contribution in [2.75, 3.05) is 59.5 Å². The molecule has 0 bridgehead atoms. The monoisotopic (exact) mass is 394 g/mol. The Morgan fingerprint density at radius 3 is 1.46 bits per heavy atom. The van der Waals surface area contributed by atoms with E-state index in [1.807, 2.05) is 20.8 Å². The van der Waals surface area contributed by atoms with Crippen LogP contribution in [0.2, 0.25) is 19.6 Å². The van der Waals surface area contributed by atoms with Gasteiger partial charge < -0.3 is 28.1 Å². The normalized spacial score (nSPS) is 12.4. The fraction of sp³-hybridized carbons (Fsp3) is 0.944. The molecule has 0 spiro atoms. The van der Waals surface area contributed by atoms with Crippen LogP contribution in [0.15, 0.2) is 0 Å². The zero-order valence-corrected chi connectivity index (χ0v) is 18.4. The maximum atomic E-state index is 11.5. The number of carbonyl (C=O) groups is 1. The first-order chi connectivity index (χ1) is 12.1. The van der Waals surface area contributed by atoms with Gasteiger partial charge in [-0.3, -0.25) is 4.79 Å². The van der Waals surface area contributed by atoms with Crippen molar-refractivity contribution in [2.45, 2.75) is 52.4 Å². The summed E-state index contributed by atoms with van der Waals surface area (Å²) in [5.41, 5.74) is -0.451. The summed E-state index contributed by atoms with van der Waals surface area (Å²) in [5, 5.41) is 0. The lowest BCUT2D eigenvalue weighted by Gasteiger charge is -2.19. The minimum absolute atomic E-state index is 0.249. The topological polar surface area (TPSA) is 72.5 Å². The Hall–Kier alpha value is -0.513. The second kappa shape index (κ2) is 14.5. The van der Waals surface area contributed by atoms with Crippen molar-refractivity contribution in [1.82, 2.24) is 0 Å². The molecule has 8 heteroatoms. The van der Waals surface area contributed by atoms with Gasteiger partial charge in [-0.15, -0.1) is 0 Å². The van der Waals surface area contributed by atoms with E-state index in [1.54, 1.807) is 0 Å². The van der Waals surface area contributed by atoms with Crippen LogP contribution in [0.25, 0.3) is 0 Å². The number of carbonyl (C=O) groups excluding carboxylic acids is 1. The molecule has 0 heterocycles. The number of rotatable bonds is 16. The van der Waals surface area contributed by atoms with Crippen LogP contribution in [0.1, 0.15) is 27.2 Å². The Balaban J connectivity index is 3.19. The Kier molecular flexibility index (Phi) is 14.2. The van der Waals surface area contributed by atoms with Crippen LogP contribution in [0.3, 0.4) is 0 Å². The summed E-state index contributed by atoms with van der Waals surface area (Å²) in [6.45, 7) is 16.6. The molecule has 0 unspecified atom stereocenters. The van der Waals surface area contributed by atoms with Gasteiger partial charge in [-0.2, -0.15) is 0 Å². The van der Waals surface area contributed by atoms with E-state index in [4.69, 9.17) is 28.1 Å². The van der Waals surface area contributed by atoms with Crippen molar-refractivity contribution in [2.24, 2.45) is 0 Å². The first kappa shape index (κ1) is 25.5. The van der Waals surface area contributed by atoms with Gasteiger partial charge in [-0.05, 0) is 40.4 Å². The second-order valence-corrected chi connectivity index (χ2v) is 12.3. The number of esters is 1. The number of ether oxygens (including phenoxy) is 5. The van der Waals surface area contributed by atoms with Gasteiger partial charge in [0.1, 0.15) is 5.60 Å². The maximum absolute atomic E-state index is 11.5. The van der Waals surface area contributed by atoms with Gasteiger partial charge in [0.2, 0.25) is 0 Å². The highest BCUT2D eigenvalue weighted by atomic mass is 28.4. The number of hydrogen-bond acceptors (Lipinski definition) is 7. The van der Waals surface area contributed by atoms with E-state index in [1.165, 1.54) is 0 Å². The van der Waals surface area contributed by atoms with Gasteiger partial charge in [0.15, 0.2) is 8.32 Å². The summed E-state index contributed by atoms with van der Waals surface area (Å²) < 4.78 is 32.4. The Bertz CT molecular complexity index is 350. The summed E-state index contributed by atoms with van der Waals surface area (Å²) in [4.78, 5) is 11.5. The van der Waals surface area contributed by atoms with Crippen LogP contribution in [0.4, 0.5) is 0 Å². The van der Waals surface area contributed by atoms with E-state index in [2.05, 4.69) is 19.6 Å². The molecule has 0 aromatic heterocycles. The maximum Gasteiger partial charge on any atom is 0.308 e. The molecule has 0 saturated carbocycles. The van der Waals surface area contributed by atoms with Crippen LogP contribution >= 0.6 is 0 Å². The highest BCUT2D eigenvalue weighted by Gasteiger charge is 2.15. The van der Waals surface area contributed by atoms with Crippen molar-refractivity contribution < 1.29 is 32.9 Å². The molecule has 0 aliphatic rings. The van der Waals surface area contributed by atoms with E-state index >= 15 is 0 Å². The lowest BCUT2D eigenvalue weighted by Crippen LogP contribution is -2.27. The number of hydrogen-bond donors (Lipinski definition) is 0. The van der Waals surface area contributed by atoms with Gasteiger partial charge in [0.05, 0.1) is 65.9 Å². The average molecular weight is 395 g/mol. The summed E-state index contributed by atoms with van der Waals surface area (Å²) in [7, 11) is -1.44. The molecule has 0 aromatic rings. The molecule has 0 aliphatic heterocycles. The predicted molar refractivity (Wildman–Crippen MR) is 103 cm³/mol. The van der Waals surface area contributed by atoms with Crippen LogP contribution in [-0.2, 0) is 32.9 Å². The third-order valence-electron chi connectivity index (χ3n) is 2.75. The summed E-state index contributed by atoms with van der Waals surface area (Å²) >= 11 is 0. The molecule has 0 atom stereocenters. The minimum Gasteiger partial charge on any atom is -0.460 e. The minimum atomic E-state index is -1.44. The molecular formula is C18H38O7Si. The van der Waals surface area contributed by atoms with E-state index in [9.17, 15) is 4.79 Å². The molecule has 0 N–H and O–H groups in total. The van der Waals surface area contributed by atoms with Crippen LogP contribution < -0.4 is 0 Å². The van der Waals surface area contributed by atoms with Crippen LogP contribution in [0, 0.1) is 0 Å². The molecule has 0 aliphatic carbocycles. The predicted octanol–water partition coefficient (Wildman–Crippen LogP) is 2.64. The van der Waals surface area contributed by atoms with Gasteiger partial charge >= 0.3 is 5.97 Å². The molecule has 0 radical (unpaired) electrons. The van der Waals surface area contributed by atoms with E-state index in [0.717, 1.165) is 0 Å². The average Bonchev–Trinajstić information content (AvgIpc) is 2.48. The first-order valence-electron chi connectivity index (χ1n) is 9.27. The fourth-order valence-corrected chi connectivity index (χ4v) is 2.41. The van der Waals surface area contributed by atoms with E-state index < -0.39 is 13.9 Å². The largest absolute Gasteiger partial charge is 0.460 e. The molecule has 0 aromatic carbocycles. The van der Waals surface area contributed by atoms with Crippen LogP contribution in [0.5, 0.6) is 0 Å². The summed E-state index contributed by atoms with van der Waals surface area (Å²) in [6, 6.07) is 0. The lowest BCUT2D eigenvalue weighted by atomic mass is 10.2. The first-order valence-corrected chi connectivity index (χ1v) is 12.7. The van der Waals surface area contributed by atoms with Crippen molar-refractivity contribution in [3.05, 3.63) is 0 Å². The highest BCUT2D eigenvalue weighted by Crippen LogP contribution is 2.08. The van der Waals surface area contributed by atoms with Crippen LogP contribution in [-0.4, -0.2) is 79.3 Å². The van der Waals surface area contributed by atoms with E-state index in [0.29, 0.717) is 59.5 Å². The van der Waals surface area contributed by atoms with Gasteiger partial charge in [0.25, 0.3) is 0 Å². The van der Waals surface area contributed by atoms with Gasteiger partial charge in [-0.25, -0.2) is 0 Å². The Morgan fingerprint density at radius 1 is 0.692 bits per heavy atom. The zero-order chi connectivity index (χ0) is 19.9. The third kappa shape index (κ3) is 21.5. The lowest BCUT2D eigenvalue weighted by molar-refractivity contribution is -0.156. The quantitative estimate of drug-likeness (QED) is 0.226. The second-order valence-electron chi connectivity index (χ2n) is 7.75. The standard InChI is InChI=1S/C18H38O7Si/c1-18(2,3)25-17(19)7-8-20-9-10-21-11-12-22-13-14-23-15-16-24-26(4,5)6/h7-16H2,1-6H3. The van der Waals surface area contributed by atoms with Crippen molar-refractivity contribution in [3.63, 3.8) is 0 Å². The van der Waals surface area contributed by atoms with Crippen molar-refractivity contribution >= 4 is 14.3 Å². The van der Waals surface area contributed by atoms with Gasteiger partial charge in [-0.1, -0.05) is 0 Å². The molecule has 0 rings (SSSR count). The molecule has 0 amide bonds. The molecule has 0 saturated heterocycles. The molecule has 156 valence electrons. The third-order valence-corrected chi connectivity index (χ3v) is 3.82.